The zero-order valence-corrected chi connectivity index (χ0v) is 18.5. The molecule has 0 spiro atoms. The summed E-state index contributed by atoms with van der Waals surface area (Å²) in [5.74, 6) is 0.512. The van der Waals surface area contributed by atoms with Crippen LogP contribution in [0.4, 0.5) is 4.79 Å². The molecule has 0 aliphatic rings. The van der Waals surface area contributed by atoms with Gasteiger partial charge in [0.15, 0.2) is 0 Å². The first-order valence-electron chi connectivity index (χ1n) is 9.41. The van der Waals surface area contributed by atoms with Crippen LogP contribution in [-0.4, -0.2) is 30.7 Å². The Labute approximate surface area is 180 Å². The summed E-state index contributed by atoms with van der Waals surface area (Å²) in [7, 11) is 0. The fourth-order valence-corrected chi connectivity index (χ4v) is 2.89. The van der Waals surface area contributed by atoms with E-state index < -0.39 is 11.7 Å². The van der Waals surface area contributed by atoms with E-state index >= 15 is 0 Å². The Morgan fingerprint density at radius 1 is 1.00 bits per heavy atom. The zero-order chi connectivity index (χ0) is 21.3. The second-order valence-electron chi connectivity index (χ2n) is 7.48. The molecule has 2 N–H and O–H groups in total. The number of rotatable bonds is 8. The van der Waals surface area contributed by atoms with E-state index in [1.807, 2.05) is 48.5 Å². The smallest absolute Gasteiger partial charge is 0.407 e. The molecule has 0 aromatic heterocycles. The number of hydrogen-bond donors (Lipinski definition) is 2. The molecular weight excluding hydrogens is 436 g/mol. The first-order chi connectivity index (χ1) is 13.7. The van der Waals surface area contributed by atoms with E-state index in [1.165, 1.54) is 0 Å². The van der Waals surface area contributed by atoms with Crippen LogP contribution in [0.5, 0.6) is 5.75 Å². The summed E-state index contributed by atoms with van der Waals surface area (Å²) in [6.07, 6.45) is -0.328. The van der Waals surface area contributed by atoms with Gasteiger partial charge in [-0.25, -0.2) is 4.79 Å². The normalized spacial score (nSPS) is 10.9. The van der Waals surface area contributed by atoms with Gasteiger partial charge in [-0.15, -0.1) is 0 Å². The second kappa shape index (κ2) is 10.9. The van der Waals surface area contributed by atoms with Gasteiger partial charge >= 0.3 is 6.09 Å². The topological polar surface area (TPSA) is 76.7 Å². The highest BCUT2D eigenvalue weighted by Crippen LogP contribution is 2.24. The maximum Gasteiger partial charge on any atom is 0.407 e. The Bertz CT molecular complexity index is 819. The third-order valence-electron chi connectivity index (χ3n) is 3.73. The maximum absolute atomic E-state index is 12.3. The molecule has 2 aromatic rings. The first kappa shape index (κ1) is 22.7. The van der Waals surface area contributed by atoms with Gasteiger partial charge in [-0.05, 0) is 44.5 Å². The van der Waals surface area contributed by atoms with Crippen molar-refractivity contribution in [3.8, 4) is 5.75 Å². The van der Waals surface area contributed by atoms with Crippen molar-refractivity contribution in [2.24, 2.45) is 0 Å². The van der Waals surface area contributed by atoms with Crippen molar-refractivity contribution in [3.05, 3.63) is 64.1 Å². The van der Waals surface area contributed by atoms with Crippen molar-refractivity contribution in [1.82, 2.24) is 10.6 Å². The van der Waals surface area contributed by atoms with E-state index in [2.05, 4.69) is 26.6 Å². The summed E-state index contributed by atoms with van der Waals surface area (Å²) in [5, 5.41) is 5.40. The summed E-state index contributed by atoms with van der Waals surface area (Å²) in [6.45, 7) is 6.41. The SMILES string of the molecule is CC(C)(C)OC(=O)NCCNC(=O)Cc1cc(Br)ccc1OCc1ccccc1. The number of hydrogen-bond acceptors (Lipinski definition) is 4. The largest absolute Gasteiger partial charge is 0.489 e. The highest BCUT2D eigenvalue weighted by molar-refractivity contribution is 9.10. The molecule has 7 heteroatoms. The molecule has 29 heavy (non-hydrogen) atoms. The lowest BCUT2D eigenvalue weighted by Gasteiger charge is -2.19. The van der Waals surface area contributed by atoms with Crippen LogP contribution in [0.1, 0.15) is 31.9 Å². The summed E-state index contributed by atoms with van der Waals surface area (Å²) in [4.78, 5) is 23.9. The minimum atomic E-state index is -0.551. The zero-order valence-electron chi connectivity index (χ0n) is 17.0. The number of halogens is 1. The van der Waals surface area contributed by atoms with Gasteiger partial charge in [-0.3, -0.25) is 4.79 Å². The highest BCUT2D eigenvalue weighted by Gasteiger charge is 2.15. The van der Waals surface area contributed by atoms with Crippen LogP contribution in [0.2, 0.25) is 0 Å². The minimum Gasteiger partial charge on any atom is -0.489 e. The van der Waals surface area contributed by atoms with Crippen molar-refractivity contribution in [1.29, 1.82) is 0 Å². The van der Waals surface area contributed by atoms with Crippen molar-refractivity contribution >= 4 is 27.9 Å². The number of amides is 2. The van der Waals surface area contributed by atoms with E-state index in [0.717, 1.165) is 15.6 Å². The van der Waals surface area contributed by atoms with Crippen molar-refractivity contribution in [3.63, 3.8) is 0 Å². The highest BCUT2D eigenvalue weighted by atomic mass is 79.9. The van der Waals surface area contributed by atoms with Crippen LogP contribution in [-0.2, 0) is 22.6 Å². The predicted octanol–water partition coefficient (Wildman–Crippen LogP) is 4.21. The predicted molar refractivity (Wildman–Crippen MR) is 116 cm³/mol. The number of carbonyl (C=O) groups is 2. The van der Waals surface area contributed by atoms with Gasteiger partial charge in [0.1, 0.15) is 18.0 Å². The third-order valence-corrected chi connectivity index (χ3v) is 4.22. The molecule has 0 fully saturated rings. The molecular formula is C22H27BrN2O4. The average Bonchev–Trinajstić information content (AvgIpc) is 2.64. The van der Waals surface area contributed by atoms with Gasteiger partial charge in [-0.1, -0.05) is 46.3 Å². The lowest BCUT2D eigenvalue weighted by Crippen LogP contribution is -2.38. The van der Waals surface area contributed by atoms with E-state index in [1.54, 1.807) is 20.8 Å². The molecule has 0 saturated heterocycles. The van der Waals surface area contributed by atoms with E-state index in [0.29, 0.717) is 18.9 Å². The number of ether oxygens (including phenoxy) is 2. The summed E-state index contributed by atoms with van der Waals surface area (Å²) in [5.41, 5.74) is 1.29. The average molecular weight is 463 g/mol. The molecule has 2 aromatic carbocycles. The lowest BCUT2D eigenvalue weighted by atomic mass is 10.1. The Kier molecular flexibility index (Phi) is 8.51. The molecule has 2 amide bonds. The van der Waals surface area contributed by atoms with Crippen LogP contribution in [0.25, 0.3) is 0 Å². The minimum absolute atomic E-state index is 0.154. The Morgan fingerprint density at radius 2 is 1.69 bits per heavy atom. The molecule has 0 atom stereocenters. The number of carbonyl (C=O) groups excluding carboxylic acids is 2. The standard InChI is InChI=1S/C22H27BrN2O4/c1-22(2,3)29-21(27)25-12-11-24-20(26)14-17-13-18(23)9-10-19(17)28-15-16-7-5-4-6-8-16/h4-10,13H,11-12,14-15H2,1-3H3,(H,24,26)(H,25,27). The molecule has 0 radical (unpaired) electrons. The molecule has 6 nitrogen and oxygen atoms in total. The molecule has 0 unspecified atom stereocenters. The van der Waals surface area contributed by atoms with Gasteiger partial charge < -0.3 is 20.1 Å². The van der Waals surface area contributed by atoms with Crippen LogP contribution in [0.3, 0.4) is 0 Å². The van der Waals surface area contributed by atoms with Gasteiger partial charge in [0.05, 0.1) is 6.42 Å². The summed E-state index contributed by atoms with van der Waals surface area (Å²) in [6, 6.07) is 15.5. The molecule has 0 heterocycles. The third kappa shape index (κ3) is 9.00. The fraction of sp³-hybridized carbons (Fsp3) is 0.364. The van der Waals surface area contributed by atoms with Gasteiger partial charge in [0.25, 0.3) is 0 Å². The van der Waals surface area contributed by atoms with E-state index in [4.69, 9.17) is 9.47 Å². The van der Waals surface area contributed by atoms with Crippen LogP contribution in [0.15, 0.2) is 53.0 Å². The molecule has 0 bridgehead atoms. The van der Waals surface area contributed by atoms with Crippen molar-refractivity contribution in [2.45, 2.75) is 39.4 Å². The number of nitrogens with one attached hydrogen (secondary N) is 2. The molecule has 0 saturated carbocycles. The van der Waals surface area contributed by atoms with Gasteiger partial charge in [0, 0.05) is 23.1 Å². The van der Waals surface area contributed by atoms with E-state index in [-0.39, 0.29) is 18.9 Å². The molecule has 156 valence electrons. The first-order valence-corrected chi connectivity index (χ1v) is 10.2. The Hall–Kier alpha value is -2.54. The van der Waals surface area contributed by atoms with Crippen molar-refractivity contribution < 1.29 is 19.1 Å². The molecule has 0 aliphatic heterocycles. The number of alkyl carbamates (subject to hydrolysis) is 1. The summed E-state index contributed by atoms with van der Waals surface area (Å²) < 4.78 is 11.9. The fourth-order valence-electron chi connectivity index (χ4n) is 2.48. The van der Waals surface area contributed by atoms with Crippen LogP contribution >= 0.6 is 15.9 Å². The number of benzene rings is 2. The monoisotopic (exact) mass is 462 g/mol. The Balaban J connectivity index is 1.83. The van der Waals surface area contributed by atoms with E-state index in [9.17, 15) is 9.59 Å². The van der Waals surface area contributed by atoms with Gasteiger partial charge in [-0.2, -0.15) is 0 Å². The Morgan fingerprint density at radius 3 is 2.38 bits per heavy atom. The van der Waals surface area contributed by atoms with Crippen LogP contribution in [0, 0.1) is 0 Å². The molecule has 2 rings (SSSR count). The molecule has 0 aliphatic carbocycles. The second-order valence-corrected chi connectivity index (χ2v) is 8.40. The van der Waals surface area contributed by atoms with Crippen molar-refractivity contribution in [2.75, 3.05) is 13.1 Å². The maximum atomic E-state index is 12.3. The van der Waals surface area contributed by atoms with Gasteiger partial charge in [0.2, 0.25) is 5.91 Å². The summed E-state index contributed by atoms with van der Waals surface area (Å²) >= 11 is 3.44. The van der Waals surface area contributed by atoms with Crippen LogP contribution < -0.4 is 15.4 Å². The lowest BCUT2D eigenvalue weighted by molar-refractivity contribution is -0.120. The quantitative estimate of drug-likeness (QED) is 0.575.